The molecular formula is C10H9NO2S. The van der Waals surface area contributed by atoms with Gasteiger partial charge < -0.3 is 5.11 Å². The highest BCUT2D eigenvalue weighted by Gasteiger charge is 2.15. The van der Waals surface area contributed by atoms with Crippen LogP contribution in [0.5, 0.6) is 0 Å². The fraction of sp³-hybridized carbons (Fsp3) is 0.200. The van der Waals surface area contributed by atoms with E-state index in [-0.39, 0.29) is 10.5 Å². The fourth-order valence-corrected chi connectivity index (χ4v) is 1.62. The Morgan fingerprint density at radius 2 is 2.29 bits per heavy atom. The van der Waals surface area contributed by atoms with Crippen LogP contribution < -0.4 is 0 Å². The molecule has 0 fully saturated rings. The van der Waals surface area contributed by atoms with Gasteiger partial charge in [0, 0.05) is 4.90 Å². The zero-order valence-corrected chi connectivity index (χ0v) is 8.51. The van der Waals surface area contributed by atoms with E-state index in [2.05, 4.69) is 12.6 Å². The third-order valence-electron chi connectivity index (χ3n) is 1.98. The molecule has 4 heteroatoms. The smallest absolute Gasteiger partial charge is 0.337 e. The lowest BCUT2D eigenvalue weighted by Crippen LogP contribution is -2.04. The van der Waals surface area contributed by atoms with Crippen molar-refractivity contribution in [3.63, 3.8) is 0 Å². The second kappa shape index (κ2) is 4.16. The zero-order valence-electron chi connectivity index (χ0n) is 7.61. The van der Waals surface area contributed by atoms with Crippen molar-refractivity contribution < 1.29 is 9.90 Å². The summed E-state index contributed by atoms with van der Waals surface area (Å²) in [6.07, 6.45) is 0.612. The Hall–Kier alpha value is -1.47. The topological polar surface area (TPSA) is 61.1 Å². The third-order valence-corrected chi connectivity index (χ3v) is 2.44. The second-order valence-corrected chi connectivity index (χ2v) is 3.21. The van der Waals surface area contributed by atoms with E-state index in [9.17, 15) is 4.79 Å². The van der Waals surface area contributed by atoms with E-state index in [1.165, 1.54) is 0 Å². The van der Waals surface area contributed by atoms with Gasteiger partial charge in [0.25, 0.3) is 0 Å². The summed E-state index contributed by atoms with van der Waals surface area (Å²) >= 11 is 4.05. The van der Waals surface area contributed by atoms with Crippen LogP contribution in [0.3, 0.4) is 0 Å². The van der Waals surface area contributed by atoms with Gasteiger partial charge in [-0.2, -0.15) is 5.26 Å². The molecule has 3 nitrogen and oxygen atoms in total. The summed E-state index contributed by atoms with van der Waals surface area (Å²) in [6.45, 7) is 1.86. The number of aryl methyl sites for hydroxylation is 1. The van der Waals surface area contributed by atoms with Gasteiger partial charge in [0.1, 0.15) is 6.07 Å². The summed E-state index contributed by atoms with van der Waals surface area (Å²) in [6, 6.07) is 5.15. The van der Waals surface area contributed by atoms with Gasteiger partial charge in [0.2, 0.25) is 0 Å². The highest BCUT2D eigenvalue weighted by molar-refractivity contribution is 7.80. The Morgan fingerprint density at radius 3 is 2.71 bits per heavy atom. The summed E-state index contributed by atoms with van der Waals surface area (Å²) in [5.74, 6) is -1.04. The standard InChI is InChI=1S/C10H9NO2S/c1-2-6-3-4-7(5-11)9(14)8(6)10(12)13/h3-4,14H,2H2,1H3,(H,12,13). The molecule has 0 amide bonds. The number of carbonyl (C=O) groups is 1. The molecule has 0 aliphatic carbocycles. The summed E-state index contributed by atoms with van der Waals surface area (Å²) in [5, 5.41) is 17.6. The van der Waals surface area contributed by atoms with Crippen LogP contribution in [0.2, 0.25) is 0 Å². The first-order chi connectivity index (χ1) is 6.61. The number of carboxylic acids is 1. The second-order valence-electron chi connectivity index (χ2n) is 2.77. The first-order valence-electron chi connectivity index (χ1n) is 4.10. The molecule has 0 spiro atoms. The number of rotatable bonds is 2. The minimum Gasteiger partial charge on any atom is -0.478 e. The molecule has 0 bridgehead atoms. The molecule has 0 saturated carbocycles. The quantitative estimate of drug-likeness (QED) is 0.730. The van der Waals surface area contributed by atoms with Gasteiger partial charge in [0.15, 0.2) is 0 Å². The van der Waals surface area contributed by atoms with Crippen LogP contribution in [0, 0.1) is 11.3 Å². The van der Waals surface area contributed by atoms with Crippen molar-refractivity contribution in [1.82, 2.24) is 0 Å². The predicted octanol–water partition coefficient (Wildman–Crippen LogP) is 2.11. The van der Waals surface area contributed by atoms with Crippen molar-refractivity contribution in [3.8, 4) is 6.07 Å². The molecule has 0 atom stereocenters. The Bertz CT molecular complexity index is 421. The molecule has 1 aromatic carbocycles. The van der Waals surface area contributed by atoms with Gasteiger partial charge in [-0.1, -0.05) is 13.0 Å². The van der Waals surface area contributed by atoms with E-state index < -0.39 is 5.97 Å². The van der Waals surface area contributed by atoms with Crippen LogP contribution in [-0.2, 0) is 6.42 Å². The lowest BCUT2D eigenvalue weighted by molar-refractivity contribution is 0.0692. The lowest BCUT2D eigenvalue weighted by atomic mass is 10.0. The molecule has 0 aromatic heterocycles. The molecule has 1 N–H and O–H groups in total. The number of nitrogens with zero attached hydrogens (tertiary/aromatic N) is 1. The van der Waals surface area contributed by atoms with Gasteiger partial charge in [0.05, 0.1) is 11.1 Å². The molecular weight excluding hydrogens is 198 g/mol. The summed E-state index contributed by atoms with van der Waals surface area (Å²) in [5.41, 5.74) is 1.12. The Labute approximate surface area is 87.4 Å². The molecule has 0 radical (unpaired) electrons. The van der Waals surface area contributed by atoms with Crippen molar-refractivity contribution in [2.75, 3.05) is 0 Å². The average molecular weight is 207 g/mol. The van der Waals surface area contributed by atoms with E-state index in [1.807, 2.05) is 13.0 Å². The van der Waals surface area contributed by atoms with Crippen LogP contribution in [0.15, 0.2) is 17.0 Å². The largest absolute Gasteiger partial charge is 0.478 e. The summed E-state index contributed by atoms with van der Waals surface area (Å²) in [4.78, 5) is 11.2. The van der Waals surface area contributed by atoms with Gasteiger partial charge in [-0.15, -0.1) is 12.6 Å². The van der Waals surface area contributed by atoms with Crippen LogP contribution in [0.4, 0.5) is 0 Å². The maximum absolute atomic E-state index is 10.9. The SMILES string of the molecule is CCc1ccc(C#N)c(S)c1C(=O)O. The van der Waals surface area contributed by atoms with Gasteiger partial charge in [-0.3, -0.25) is 0 Å². The number of carboxylic acid groups (broad SMARTS) is 1. The number of nitriles is 1. The molecule has 14 heavy (non-hydrogen) atoms. The highest BCUT2D eigenvalue weighted by Crippen LogP contribution is 2.23. The minimum atomic E-state index is -1.04. The summed E-state index contributed by atoms with van der Waals surface area (Å²) < 4.78 is 0. The average Bonchev–Trinajstić information content (AvgIpc) is 2.16. The molecule has 1 aromatic rings. The fourth-order valence-electron chi connectivity index (χ4n) is 1.26. The minimum absolute atomic E-state index is 0.134. The van der Waals surface area contributed by atoms with Crippen LogP contribution >= 0.6 is 12.6 Å². The van der Waals surface area contributed by atoms with Crippen molar-refractivity contribution in [2.45, 2.75) is 18.2 Å². The Morgan fingerprint density at radius 1 is 1.64 bits per heavy atom. The van der Waals surface area contributed by atoms with E-state index in [1.54, 1.807) is 12.1 Å². The molecule has 1 rings (SSSR count). The van der Waals surface area contributed by atoms with Crippen molar-refractivity contribution >= 4 is 18.6 Å². The maximum Gasteiger partial charge on any atom is 0.337 e. The third kappa shape index (κ3) is 1.73. The first kappa shape index (κ1) is 10.6. The number of aromatic carboxylic acids is 1. The van der Waals surface area contributed by atoms with E-state index in [0.29, 0.717) is 17.5 Å². The number of hydrogen-bond acceptors (Lipinski definition) is 3. The monoisotopic (exact) mass is 207 g/mol. The Balaban J connectivity index is 3.49. The molecule has 0 aliphatic rings. The molecule has 0 heterocycles. The van der Waals surface area contributed by atoms with E-state index >= 15 is 0 Å². The number of benzene rings is 1. The number of thiol groups is 1. The summed E-state index contributed by atoms with van der Waals surface area (Å²) in [7, 11) is 0. The first-order valence-corrected chi connectivity index (χ1v) is 4.54. The molecule has 0 saturated heterocycles. The normalized spacial score (nSPS) is 9.50. The van der Waals surface area contributed by atoms with Crippen LogP contribution in [0.25, 0.3) is 0 Å². The maximum atomic E-state index is 10.9. The predicted molar refractivity (Wildman–Crippen MR) is 54.7 cm³/mol. The van der Waals surface area contributed by atoms with Crippen LogP contribution in [0.1, 0.15) is 28.4 Å². The molecule has 0 unspecified atom stereocenters. The Kier molecular flexibility index (Phi) is 3.15. The van der Waals surface area contributed by atoms with Gasteiger partial charge >= 0.3 is 5.97 Å². The molecule has 72 valence electrons. The number of hydrogen-bond donors (Lipinski definition) is 2. The highest BCUT2D eigenvalue weighted by atomic mass is 32.1. The van der Waals surface area contributed by atoms with Crippen molar-refractivity contribution in [1.29, 1.82) is 5.26 Å². The molecule has 0 aliphatic heterocycles. The van der Waals surface area contributed by atoms with Gasteiger partial charge in [-0.05, 0) is 18.1 Å². The van der Waals surface area contributed by atoms with Gasteiger partial charge in [-0.25, -0.2) is 4.79 Å². The lowest BCUT2D eigenvalue weighted by Gasteiger charge is -2.07. The van der Waals surface area contributed by atoms with E-state index in [0.717, 1.165) is 0 Å². The zero-order chi connectivity index (χ0) is 10.7. The van der Waals surface area contributed by atoms with Crippen molar-refractivity contribution in [3.05, 3.63) is 28.8 Å². The van der Waals surface area contributed by atoms with Crippen LogP contribution in [-0.4, -0.2) is 11.1 Å². The van der Waals surface area contributed by atoms with Crippen molar-refractivity contribution in [2.24, 2.45) is 0 Å². The van der Waals surface area contributed by atoms with E-state index in [4.69, 9.17) is 10.4 Å².